The molecule has 0 aromatic heterocycles. The van der Waals surface area contributed by atoms with Gasteiger partial charge in [-0.1, -0.05) is 25.5 Å². The van der Waals surface area contributed by atoms with Crippen molar-refractivity contribution >= 4 is 45.6 Å². The number of fused-ring (bicyclic) bond motifs is 2. The molecule has 3 fully saturated rings. The van der Waals surface area contributed by atoms with Gasteiger partial charge in [0.15, 0.2) is 0 Å². The summed E-state index contributed by atoms with van der Waals surface area (Å²) in [5.74, 6) is -1.35. The van der Waals surface area contributed by atoms with Gasteiger partial charge in [0, 0.05) is 18.9 Å². The number of sulfonamides is 1. The molecule has 0 aromatic rings. The molecule has 0 bridgehead atoms. The van der Waals surface area contributed by atoms with Crippen molar-refractivity contribution < 1.29 is 37.4 Å². The van der Waals surface area contributed by atoms with Crippen molar-refractivity contribution in [2.75, 3.05) is 18.1 Å². The van der Waals surface area contributed by atoms with E-state index in [1.165, 1.54) is 4.90 Å². The number of nitrogens with one attached hydrogen (secondary N) is 3. The number of alkyl carbamates (subject to hydrolysis) is 1. The van der Waals surface area contributed by atoms with Crippen molar-refractivity contribution in [2.45, 2.75) is 101 Å². The Morgan fingerprint density at radius 1 is 1.27 bits per heavy atom. The molecule has 41 heavy (non-hydrogen) atoms. The normalized spacial score (nSPS) is 33.8. The Labute approximate surface area is 245 Å². The smallest absolute Gasteiger partial charge is 0.408 e. The number of ether oxygens (including phenoxy) is 1. The first-order valence-corrected chi connectivity index (χ1v) is 17.0. The van der Waals surface area contributed by atoms with Crippen LogP contribution in [-0.2, 0) is 29.1 Å². The van der Waals surface area contributed by atoms with E-state index in [4.69, 9.17) is 4.74 Å². The molecule has 1 saturated heterocycles. The molecular formula is C27H42N4O8S2. The maximum absolute atomic E-state index is 14.0. The van der Waals surface area contributed by atoms with Crippen LogP contribution in [-0.4, -0.2) is 94.9 Å². The number of hydrogen-bond acceptors (Lipinski definition) is 9. The summed E-state index contributed by atoms with van der Waals surface area (Å²) in [6.07, 6.45) is 4.39. The lowest BCUT2D eigenvalue weighted by atomic mass is 9.97. The first-order valence-electron chi connectivity index (χ1n) is 14.3. The minimum absolute atomic E-state index is 0.0547. The van der Waals surface area contributed by atoms with Crippen molar-refractivity contribution in [3.63, 3.8) is 0 Å². The number of aliphatic hydroxyl groups is 1. The molecular weight excluding hydrogens is 572 g/mol. The van der Waals surface area contributed by atoms with E-state index < -0.39 is 74.3 Å². The number of allylic oxidation sites excluding steroid dienone is 1. The van der Waals surface area contributed by atoms with Gasteiger partial charge < -0.3 is 25.4 Å². The van der Waals surface area contributed by atoms with Crippen LogP contribution in [0.3, 0.4) is 0 Å². The third-order valence-electron chi connectivity index (χ3n) is 7.89. The molecule has 4 aliphatic rings. The fourth-order valence-electron chi connectivity index (χ4n) is 5.36. The highest BCUT2D eigenvalue weighted by Gasteiger charge is 2.62. The van der Waals surface area contributed by atoms with Gasteiger partial charge in [-0.15, -0.1) is 0 Å². The van der Waals surface area contributed by atoms with Crippen molar-refractivity contribution in [3.8, 4) is 0 Å². The summed E-state index contributed by atoms with van der Waals surface area (Å²) in [4.78, 5) is 55.0. The zero-order valence-electron chi connectivity index (χ0n) is 24.1. The van der Waals surface area contributed by atoms with Crippen LogP contribution in [0.5, 0.6) is 0 Å². The molecule has 12 nitrogen and oxygen atoms in total. The summed E-state index contributed by atoms with van der Waals surface area (Å²) in [6, 6.07) is -2.11. The van der Waals surface area contributed by atoms with E-state index in [-0.39, 0.29) is 25.3 Å². The van der Waals surface area contributed by atoms with E-state index in [2.05, 4.69) is 15.4 Å². The van der Waals surface area contributed by atoms with Gasteiger partial charge in [-0.2, -0.15) is 11.8 Å². The zero-order chi connectivity index (χ0) is 30.2. The highest BCUT2D eigenvalue weighted by molar-refractivity contribution is 7.99. The van der Waals surface area contributed by atoms with Gasteiger partial charge in [0.2, 0.25) is 21.8 Å². The number of thioether (sulfide) groups is 1. The lowest BCUT2D eigenvalue weighted by molar-refractivity contribution is -0.142. The van der Waals surface area contributed by atoms with Crippen molar-refractivity contribution in [1.29, 1.82) is 0 Å². The van der Waals surface area contributed by atoms with Crippen LogP contribution < -0.4 is 15.4 Å². The Morgan fingerprint density at radius 3 is 2.61 bits per heavy atom. The Balaban J connectivity index is 1.62. The third kappa shape index (κ3) is 7.56. The maximum atomic E-state index is 14.0. The molecule has 2 saturated carbocycles. The van der Waals surface area contributed by atoms with Crippen molar-refractivity contribution in [3.05, 3.63) is 12.2 Å². The van der Waals surface area contributed by atoms with E-state index in [9.17, 15) is 32.7 Å². The van der Waals surface area contributed by atoms with Gasteiger partial charge in [0.05, 0.1) is 11.4 Å². The highest BCUT2D eigenvalue weighted by Crippen LogP contribution is 2.46. The number of carbonyl (C=O) groups excluding carboxylic acids is 4. The molecule has 4 rings (SSSR count). The summed E-state index contributed by atoms with van der Waals surface area (Å²) in [5, 5.41) is 15.4. The molecule has 0 unspecified atom stereocenters. The van der Waals surface area contributed by atoms with E-state index >= 15 is 0 Å². The van der Waals surface area contributed by atoms with Crippen LogP contribution in [0.2, 0.25) is 0 Å². The lowest BCUT2D eigenvalue weighted by Gasteiger charge is -2.33. The molecule has 0 aromatic carbocycles. The van der Waals surface area contributed by atoms with E-state index in [1.54, 1.807) is 32.5 Å². The highest BCUT2D eigenvalue weighted by atomic mass is 32.2. The molecule has 2 aliphatic heterocycles. The Kier molecular flexibility index (Phi) is 9.34. The predicted octanol–water partition coefficient (Wildman–Crippen LogP) is 1.04. The topological polar surface area (TPSA) is 171 Å². The standard InChI is InChI=1S/C27H42N4O8S2/c1-5-16-15-40-11-7-6-8-17-13-27(17,24(35)30-41(37,38)19-9-10-19)29-22(33)20-12-18(32)14-31(20)23(34)21(16)28-25(36)39-26(2,3)4/h6,8,16-21,32H,5,7,9-15H2,1-4H3,(H,28,36)(H,29,33)(H,30,35)/b8-6-/t16-,17-,18-,20+,21+,27-/m1/s1. The number of nitrogens with zero attached hydrogens (tertiary/aromatic N) is 1. The maximum Gasteiger partial charge on any atom is 0.408 e. The van der Waals surface area contributed by atoms with Crippen LogP contribution >= 0.6 is 11.8 Å². The van der Waals surface area contributed by atoms with Crippen LogP contribution in [0.15, 0.2) is 12.2 Å². The summed E-state index contributed by atoms with van der Waals surface area (Å²) in [5.41, 5.74) is -2.25. The predicted molar refractivity (Wildman–Crippen MR) is 153 cm³/mol. The van der Waals surface area contributed by atoms with Gasteiger partial charge in [-0.3, -0.25) is 19.1 Å². The number of aliphatic hydroxyl groups excluding tert-OH is 1. The van der Waals surface area contributed by atoms with E-state index in [0.29, 0.717) is 31.4 Å². The molecule has 0 radical (unpaired) electrons. The minimum Gasteiger partial charge on any atom is -0.444 e. The fourth-order valence-corrected chi connectivity index (χ4v) is 7.93. The molecule has 14 heteroatoms. The molecule has 4 N–H and O–H groups in total. The number of carbonyl (C=O) groups is 4. The largest absolute Gasteiger partial charge is 0.444 e. The Bertz CT molecular complexity index is 1180. The SMILES string of the molecule is CC[C@@H]1CSCC/C=C\[C@@H]2C[C@@]2(C(=O)NS(=O)(=O)C2CC2)NC(=O)[C@@H]2C[C@@H](O)CN2C(=O)[C@H]1NC(=O)OC(C)(C)C. The quantitative estimate of drug-likeness (QED) is 0.330. The summed E-state index contributed by atoms with van der Waals surface area (Å²) >= 11 is 1.62. The molecule has 6 atom stereocenters. The summed E-state index contributed by atoms with van der Waals surface area (Å²) in [6.45, 7) is 6.96. The van der Waals surface area contributed by atoms with Gasteiger partial charge in [0.25, 0.3) is 5.91 Å². The van der Waals surface area contributed by atoms with Gasteiger partial charge >= 0.3 is 6.09 Å². The van der Waals surface area contributed by atoms with E-state index in [1.807, 2.05) is 19.1 Å². The average Bonchev–Trinajstić information content (AvgIpc) is 3.78. The molecule has 4 amide bonds. The molecule has 2 aliphatic carbocycles. The van der Waals surface area contributed by atoms with Gasteiger partial charge in [-0.05, 0) is 63.9 Å². The first-order chi connectivity index (χ1) is 19.2. The molecule has 230 valence electrons. The van der Waals surface area contributed by atoms with Crippen molar-refractivity contribution in [2.24, 2.45) is 11.8 Å². The van der Waals surface area contributed by atoms with Gasteiger partial charge in [-0.25, -0.2) is 13.2 Å². The minimum atomic E-state index is -3.84. The second-order valence-electron chi connectivity index (χ2n) is 12.4. The number of hydrogen-bond donors (Lipinski definition) is 4. The Morgan fingerprint density at radius 2 is 1.98 bits per heavy atom. The van der Waals surface area contributed by atoms with Crippen LogP contribution in [0, 0.1) is 11.8 Å². The van der Waals surface area contributed by atoms with Crippen LogP contribution in [0.4, 0.5) is 4.79 Å². The first kappa shape index (κ1) is 31.6. The summed E-state index contributed by atoms with van der Waals surface area (Å²) < 4.78 is 32.6. The molecule has 0 spiro atoms. The van der Waals surface area contributed by atoms with Gasteiger partial charge in [0.1, 0.15) is 23.2 Å². The van der Waals surface area contributed by atoms with Crippen molar-refractivity contribution in [1.82, 2.24) is 20.3 Å². The monoisotopic (exact) mass is 614 g/mol. The second-order valence-corrected chi connectivity index (χ2v) is 15.5. The third-order valence-corrected chi connectivity index (χ3v) is 10.9. The number of amides is 4. The van der Waals surface area contributed by atoms with Crippen LogP contribution in [0.25, 0.3) is 0 Å². The lowest BCUT2D eigenvalue weighted by Crippen LogP contribution is -2.59. The average molecular weight is 615 g/mol. The van der Waals surface area contributed by atoms with Crippen LogP contribution in [0.1, 0.15) is 66.2 Å². The fraction of sp³-hybridized carbons (Fsp3) is 0.778. The number of rotatable bonds is 5. The zero-order valence-corrected chi connectivity index (χ0v) is 25.7. The Hall–Kier alpha value is -2.32. The van der Waals surface area contributed by atoms with E-state index in [0.717, 1.165) is 5.75 Å². The summed E-state index contributed by atoms with van der Waals surface area (Å²) in [7, 11) is -3.84. The second kappa shape index (κ2) is 12.1. The molecule has 2 heterocycles.